The van der Waals surface area contributed by atoms with Crippen LogP contribution in [0.3, 0.4) is 0 Å². The van der Waals surface area contributed by atoms with Crippen molar-refractivity contribution in [1.82, 2.24) is 10.2 Å². The van der Waals surface area contributed by atoms with Crippen molar-refractivity contribution in [3.05, 3.63) is 0 Å². The van der Waals surface area contributed by atoms with Gasteiger partial charge in [0, 0.05) is 6.04 Å². The first-order chi connectivity index (χ1) is 8.45. The molecule has 1 heterocycles. The van der Waals surface area contributed by atoms with Crippen LogP contribution in [-0.2, 0) is 4.79 Å². The molecule has 1 aliphatic heterocycles. The molecule has 0 bridgehead atoms. The topological polar surface area (TPSA) is 32.3 Å². The normalized spacial score (nSPS) is 30.3. The summed E-state index contributed by atoms with van der Waals surface area (Å²) in [5.41, 5.74) is -0.360. The standard InChI is InChI=1S/C15H30N2O/c1-7-12(8-2)11(5)17-13(9-3)16-15(6,10-4)14(17)18/h11-13,16H,7-10H2,1-6H3. The highest BCUT2D eigenvalue weighted by Gasteiger charge is 2.48. The van der Waals surface area contributed by atoms with E-state index in [1.807, 2.05) is 6.92 Å². The number of nitrogens with one attached hydrogen (secondary N) is 1. The summed E-state index contributed by atoms with van der Waals surface area (Å²) in [7, 11) is 0. The molecule has 1 fully saturated rings. The van der Waals surface area contributed by atoms with E-state index in [1.54, 1.807) is 0 Å². The number of hydrogen-bond donors (Lipinski definition) is 1. The van der Waals surface area contributed by atoms with Gasteiger partial charge in [0.2, 0.25) is 5.91 Å². The summed E-state index contributed by atoms with van der Waals surface area (Å²) in [6, 6.07) is 0.332. The van der Waals surface area contributed by atoms with E-state index < -0.39 is 0 Å². The minimum Gasteiger partial charge on any atom is -0.323 e. The molecule has 1 rings (SSSR count). The molecule has 1 amide bonds. The Morgan fingerprint density at radius 3 is 2.22 bits per heavy atom. The highest BCUT2D eigenvalue weighted by Crippen LogP contribution is 2.30. The molecular weight excluding hydrogens is 224 g/mol. The molecule has 0 aliphatic carbocycles. The summed E-state index contributed by atoms with van der Waals surface area (Å²) in [4.78, 5) is 14.8. The SMILES string of the molecule is CCC(CC)C(C)N1C(=O)C(C)(CC)NC1CC. The molecule has 3 atom stereocenters. The van der Waals surface area contributed by atoms with Crippen LogP contribution in [0, 0.1) is 5.92 Å². The molecule has 106 valence electrons. The van der Waals surface area contributed by atoms with Gasteiger partial charge in [-0.25, -0.2) is 0 Å². The highest BCUT2D eigenvalue weighted by molar-refractivity contribution is 5.88. The van der Waals surface area contributed by atoms with E-state index in [1.165, 1.54) is 0 Å². The van der Waals surface area contributed by atoms with Crippen LogP contribution < -0.4 is 5.32 Å². The van der Waals surface area contributed by atoms with Gasteiger partial charge >= 0.3 is 0 Å². The maximum atomic E-state index is 12.7. The van der Waals surface area contributed by atoms with Gasteiger partial charge in [-0.05, 0) is 32.6 Å². The average Bonchev–Trinajstić information content (AvgIpc) is 2.63. The van der Waals surface area contributed by atoms with E-state index in [0.717, 1.165) is 25.7 Å². The molecular formula is C15H30N2O. The van der Waals surface area contributed by atoms with E-state index >= 15 is 0 Å². The minimum atomic E-state index is -0.360. The molecule has 3 unspecified atom stereocenters. The Morgan fingerprint density at radius 2 is 1.83 bits per heavy atom. The lowest BCUT2D eigenvalue weighted by atomic mass is 9.92. The van der Waals surface area contributed by atoms with Crippen LogP contribution in [0.5, 0.6) is 0 Å². The summed E-state index contributed by atoms with van der Waals surface area (Å²) in [6.45, 7) is 12.9. The molecule has 0 saturated carbocycles. The Kier molecular flexibility index (Phi) is 5.20. The maximum Gasteiger partial charge on any atom is 0.244 e. The lowest BCUT2D eigenvalue weighted by Gasteiger charge is -2.35. The van der Waals surface area contributed by atoms with Gasteiger partial charge < -0.3 is 4.90 Å². The van der Waals surface area contributed by atoms with Crippen LogP contribution in [0.25, 0.3) is 0 Å². The van der Waals surface area contributed by atoms with Crippen LogP contribution in [0.1, 0.15) is 67.2 Å². The monoisotopic (exact) mass is 254 g/mol. The van der Waals surface area contributed by atoms with Crippen molar-refractivity contribution >= 4 is 5.91 Å². The van der Waals surface area contributed by atoms with E-state index in [0.29, 0.717) is 12.0 Å². The Morgan fingerprint density at radius 1 is 1.28 bits per heavy atom. The first-order valence-corrected chi connectivity index (χ1v) is 7.55. The van der Waals surface area contributed by atoms with Gasteiger partial charge in [-0.1, -0.05) is 40.5 Å². The zero-order valence-electron chi connectivity index (χ0n) is 12.9. The van der Waals surface area contributed by atoms with E-state index in [9.17, 15) is 4.79 Å². The zero-order chi connectivity index (χ0) is 13.9. The predicted octanol–water partition coefficient (Wildman–Crippen LogP) is 3.15. The molecule has 18 heavy (non-hydrogen) atoms. The van der Waals surface area contributed by atoms with Crippen molar-refractivity contribution in [3.63, 3.8) is 0 Å². The third kappa shape index (κ3) is 2.56. The van der Waals surface area contributed by atoms with Crippen molar-refractivity contribution < 1.29 is 4.79 Å². The Hall–Kier alpha value is -0.570. The number of amides is 1. The van der Waals surface area contributed by atoms with Gasteiger partial charge in [0.1, 0.15) is 0 Å². The van der Waals surface area contributed by atoms with Crippen molar-refractivity contribution in [2.75, 3.05) is 0 Å². The molecule has 0 radical (unpaired) electrons. The fourth-order valence-corrected chi connectivity index (χ4v) is 3.14. The van der Waals surface area contributed by atoms with Gasteiger partial charge in [-0.3, -0.25) is 10.1 Å². The lowest BCUT2D eigenvalue weighted by molar-refractivity contribution is -0.136. The van der Waals surface area contributed by atoms with Gasteiger partial charge in [-0.15, -0.1) is 0 Å². The number of carbonyl (C=O) groups is 1. The Labute approximate surface area is 112 Å². The van der Waals surface area contributed by atoms with Crippen molar-refractivity contribution in [2.24, 2.45) is 5.92 Å². The second-order valence-electron chi connectivity index (χ2n) is 5.78. The first-order valence-electron chi connectivity index (χ1n) is 7.55. The molecule has 0 aromatic carbocycles. The number of nitrogens with zero attached hydrogens (tertiary/aromatic N) is 1. The van der Waals surface area contributed by atoms with Crippen molar-refractivity contribution in [3.8, 4) is 0 Å². The maximum absolute atomic E-state index is 12.7. The molecule has 1 saturated heterocycles. The summed E-state index contributed by atoms with van der Waals surface area (Å²) in [5, 5.41) is 3.53. The second kappa shape index (κ2) is 6.05. The fraction of sp³-hybridized carbons (Fsp3) is 0.933. The summed E-state index contributed by atoms with van der Waals surface area (Å²) >= 11 is 0. The smallest absolute Gasteiger partial charge is 0.244 e. The highest BCUT2D eigenvalue weighted by atomic mass is 16.2. The molecule has 3 nitrogen and oxygen atoms in total. The molecule has 0 spiro atoms. The number of carbonyl (C=O) groups excluding carboxylic acids is 1. The molecule has 0 aromatic heterocycles. The van der Waals surface area contributed by atoms with Gasteiger partial charge in [0.15, 0.2) is 0 Å². The summed E-state index contributed by atoms with van der Waals surface area (Å²) < 4.78 is 0. The minimum absolute atomic E-state index is 0.207. The zero-order valence-corrected chi connectivity index (χ0v) is 12.9. The predicted molar refractivity (Wildman–Crippen MR) is 76.3 cm³/mol. The largest absolute Gasteiger partial charge is 0.323 e. The Balaban J connectivity index is 2.95. The fourth-order valence-electron chi connectivity index (χ4n) is 3.14. The van der Waals surface area contributed by atoms with Crippen LogP contribution in [0.2, 0.25) is 0 Å². The quantitative estimate of drug-likeness (QED) is 0.789. The molecule has 0 aromatic rings. The van der Waals surface area contributed by atoms with E-state index in [-0.39, 0.29) is 17.6 Å². The van der Waals surface area contributed by atoms with Gasteiger partial charge in [-0.2, -0.15) is 0 Å². The van der Waals surface area contributed by atoms with Gasteiger partial charge in [0.25, 0.3) is 0 Å². The third-order valence-electron chi connectivity index (χ3n) is 4.79. The summed E-state index contributed by atoms with van der Waals surface area (Å²) in [6.07, 6.45) is 4.32. The number of hydrogen-bond acceptors (Lipinski definition) is 2. The van der Waals surface area contributed by atoms with E-state index in [4.69, 9.17) is 0 Å². The van der Waals surface area contributed by atoms with E-state index in [2.05, 4.69) is 44.8 Å². The molecule has 3 heteroatoms. The van der Waals surface area contributed by atoms with Gasteiger partial charge in [0.05, 0.1) is 11.7 Å². The van der Waals surface area contributed by atoms with Crippen molar-refractivity contribution in [2.45, 2.75) is 85.0 Å². The van der Waals surface area contributed by atoms with Crippen molar-refractivity contribution in [1.29, 1.82) is 0 Å². The van der Waals surface area contributed by atoms with Crippen LogP contribution in [0.4, 0.5) is 0 Å². The van der Waals surface area contributed by atoms with Crippen LogP contribution in [-0.4, -0.2) is 28.6 Å². The summed E-state index contributed by atoms with van der Waals surface area (Å²) in [5.74, 6) is 0.889. The number of rotatable bonds is 6. The molecule has 1 N–H and O–H groups in total. The average molecular weight is 254 g/mol. The molecule has 1 aliphatic rings. The third-order valence-corrected chi connectivity index (χ3v) is 4.79. The first kappa shape index (κ1) is 15.5. The lowest BCUT2D eigenvalue weighted by Crippen LogP contribution is -2.46. The second-order valence-corrected chi connectivity index (χ2v) is 5.78. The van der Waals surface area contributed by atoms with Crippen LogP contribution in [0.15, 0.2) is 0 Å². The van der Waals surface area contributed by atoms with Crippen LogP contribution >= 0.6 is 0 Å². The Bertz CT molecular complexity index is 288.